The maximum Gasteiger partial charge on any atom is 0.407 e. The number of imidazole rings is 2. The number of alkyl carbamates (subject to hydrolysis) is 1. The van der Waals surface area contributed by atoms with Gasteiger partial charge in [-0.15, -0.1) is 0 Å². The third kappa shape index (κ3) is 17.0. The van der Waals surface area contributed by atoms with Crippen LogP contribution >= 0.6 is 11.6 Å². The number of aryl methyl sites for hydroxylation is 2. The van der Waals surface area contributed by atoms with E-state index in [0.29, 0.717) is 47.1 Å². The van der Waals surface area contributed by atoms with Gasteiger partial charge in [0.25, 0.3) is 5.91 Å². The van der Waals surface area contributed by atoms with Crippen LogP contribution in [0.5, 0.6) is 5.75 Å². The molecule has 0 aliphatic heterocycles. The Kier molecular flexibility index (Phi) is 20.0. The van der Waals surface area contributed by atoms with Gasteiger partial charge in [-0.3, -0.25) is 4.79 Å². The van der Waals surface area contributed by atoms with Crippen LogP contribution in [0.1, 0.15) is 140 Å². The number of nitrogens with one attached hydrogen (secondary N) is 2. The summed E-state index contributed by atoms with van der Waals surface area (Å²) in [5.74, 6) is 2.09. The van der Waals surface area contributed by atoms with E-state index in [4.69, 9.17) is 35.8 Å². The lowest BCUT2D eigenvalue weighted by molar-refractivity contribution is 0.0354. The van der Waals surface area contributed by atoms with E-state index in [1.165, 1.54) is 6.07 Å². The number of aliphatic hydroxyl groups is 3. The lowest BCUT2D eigenvalue weighted by Crippen LogP contribution is -2.43. The van der Waals surface area contributed by atoms with Crippen molar-refractivity contribution in [2.75, 3.05) is 13.2 Å². The summed E-state index contributed by atoms with van der Waals surface area (Å²) in [5.41, 5.74) is 5.57. The van der Waals surface area contributed by atoms with Crippen molar-refractivity contribution in [3.63, 3.8) is 0 Å². The highest BCUT2D eigenvalue weighted by Crippen LogP contribution is 2.31. The van der Waals surface area contributed by atoms with Gasteiger partial charge in [-0.05, 0) is 82.3 Å². The van der Waals surface area contributed by atoms with Gasteiger partial charge in [0.15, 0.2) is 0 Å². The van der Waals surface area contributed by atoms with E-state index in [2.05, 4.69) is 52.2 Å². The van der Waals surface area contributed by atoms with Gasteiger partial charge in [0.05, 0.1) is 53.4 Å². The van der Waals surface area contributed by atoms with Crippen LogP contribution in [0.3, 0.4) is 0 Å². The van der Waals surface area contributed by atoms with Crippen molar-refractivity contribution in [3.8, 4) is 28.3 Å². The van der Waals surface area contributed by atoms with Crippen molar-refractivity contribution in [2.45, 2.75) is 142 Å². The molecule has 5 N–H and O–H groups in total. The Morgan fingerprint density at radius 3 is 1.60 bits per heavy atom. The molecule has 4 atom stereocenters. The Hall–Kier alpha value is -6.03. The van der Waals surface area contributed by atoms with E-state index in [1.807, 2.05) is 149 Å². The fourth-order valence-corrected chi connectivity index (χ4v) is 8.43. The van der Waals surface area contributed by atoms with Crippen LogP contribution in [0.15, 0.2) is 109 Å². The molecule has 0 radical (unpaired) electrons. The minimum atomic E-state index is -1.01. The predicted molar refractivity (Wildman–Crippen MR) is 289 cm³/mol. The Balaban J connectivity index is 0.000000271. The van der Waals surface area contributed by atoms with Gasteiger partial charge in [-0.1, -0.05) is 132 Å². The fourth-order valence-electron chi connectivity index (χ4n) is 8.21. The quantitative estimate of drug-likeness (QED) is 0.0520. The first kappa shape index (κ1) is 57.9. The second-order valence-corrected chi connectivity index (χ2v) is 22.1. The number of hydrogen-bond acceptors (Lipinski definition) is 10. The van der Waals surface area contributed by atoms with E-state index >= 15 is 0 Å². The first-order valence-corrected chi connectivity index (χ1v) is 25.3. The number of nitrogens with zero attached hydrogens (tertiary/aromatic N) is 4. The zero-order valence-corrected chi connectivity index (χ0v) is 45.6. The topological polar surface area (TPSA) is 182 Å². The van der Waals surface area contributed by atoms with Crippen LogP contribution in [0.25, 0.3) is 22.5 Å². The average molecular weight is 1020 g/mol. The molecule has 15 heteroatoms. The lowest BCUT2D eigenvalue weighted by atomic mass is 9.96. The van der Waals surface area contributed by atoms with Crippen LogP contribution in [0.2, 0.25) is 5.02 Å². The Bertz CT molecular complexity index is 2700. The van der Waals surface area contributed by atoms with Gasteiger partial charge in [0, 0.05) is 67.2 Å². The van der Waals surface area contributed by atoms with Gasteiger partial charge in [-0.25, -0.2) is 14.8 Å². The summed E-state index contributed by atoms with van der Waals surface area (Å²) in [4.78, 5) is 35.0. The number of rotatable bonds is 18. The highest BCUT2D eigenvalue weighted by Gasteiger charge is 2.28. The molecule has 394 valence electrons. The first-order valence-electron chi connectivity index (χ1n) is 24.9. The van der Waals surface area contributed by atoms with Crippen LogP contribution in [0.4, 0.5) is 4.79 Å². The molecule has 2 heterocycles. The number of aliphatic hydroxyl groups excluding tert-OH is 3. The summed E-state index contributed by atoms with van der Waals surface area (Å²) >= 11 is 6.27. The highest BCUT2D eigenvalue weighted by molar-refractivity contribution is 6.32. The number of amides is 2. The van der Waals surface area contributed by atoms with Crippen LogP contribution in [0, 0.1) is 0 Å². The number of carbonyl (C=O) groups is 2. The molecular weight excluding hydrogens is 944 g/mol. The van der Waals surface area contributed by atoms with E-state index in [0.717, 1.165) is 39.7 Å². The van der Waals surface area contributed by atoms with E-state index in [9.17, 15) is 24.9 Å². The summed E-state index contributed by atoms with van der Waals surface area (Å²) in [7, 11) is 3.98. The van der Waals surface area contributed by atoms with Crippen molar-refractivity contribution < 1.29 is 39.1 Å². The summed E-state index contributed by atoms with van der Waals surface area (Å²) in [6, 6.07) is 28.5. The second-order valence-electron chi connectivity index (χ2n) is 21.7. The number of ether oxygens (including phenoxy) is 3. The monoisotopic (exact) mass is 1020 g/mol. The SMILES string of the molecule is CC(C)Oc1ccc(C(=O)NC(CCO)C(O)c2ccc(-c3cn(C)c(C(C)(C)C)n3)cc2)cc1Cl.Cn1cc(-c2ccc(C(O)C(CCOCc3ccccc3)NC(=O)OC(C)(C)C)cc2)nc1C(C)(C)C. The van der Waals surface area contributed by atoms with Crippen LogP contribution in [-0.4, -0.2) is 83.4 Å². The number of halogens is 1. The minimum absolute atomic E-state index is 0.0455. The lowest BCUT2D eigenvalue weighted by Gasteiger charge is -2.27. The standard InChI is InChI=1S/C30H41N3O4.C28H36ClN3O4/c1-29(2,3)27-31-25(19-33(27)7)22-13-15-23(16-14-22)26(34)24(32-28(35)37-30(4,5)6)17-18-36-20-21-11-9-8-10-12-21;1-17(2)36-24-12-11-20(15-21(24)29)26(35)30-22(13-14-33)25(34)19-9-7-18(8-10-19)23-16-32(6)27(31-23)28(3,4)5/h8-16,19,24,26,34H,17-18,20H2,1-7H3,(H,32,35);7-12,15-17,22,25,33-34H,13-14H2,1-6H3,(H,30,35). The molecule has 4 unspecified atom stereocenters. The van der Waals surface area contributed by atoms with Crippen LogP contribution in [-0.2, 0) is 41.0 Å². The maximum absolute atomic E-state index is 12.9. The molecule has 0 saturated carbocycles. The van der Waals surface area contributed by atoms with Gasteiger partial charge >= 0.3 is 6.09 Å². The third-order valence-corrected chi connectivity index (χ3v) is 11.9. The Morgan fingerprint density at radius 1 is 0.685 bits per heavy atom. The maximum atomic E-state index is 12.9. The van der Waals surface area contributed by atoms with Gasteiger partial charge in [0.2, 0.25) is 0 Å². The normalized spacial score (nSPS) is 13.6. The molecule has 4 aromatic carbocycles. The molecule has 0 bridgehead atoms. The van der Waals surface area contributed by atoms with Gasteiger partial charge < -0.3 is 49.3 Å². The summed E-state index contributed by atoms with van der Waals surface area (Å²) in [6.07, 6.45) is 2.05. The fraction of sp³-hybridized carbons (Fsp3) is 0.448. The smallest absolute Gasteiger partial charge is 0.407 e. The number of aromatic nitrogens is 4. The summed E-state index contributed by atoms with van der Waals surface area (Å²) in [6.45, 7) is 22.6. The zero-order chi connectivity index (χ0) is 53.8. The van der Waals surface area contributed by atoms with Crippen molar-refractivity contribution >= 4 is 23.6 Å². The van der Waals surface area contributed by atoms with Crippen molar-refractivity contribution in [2.24, 2.45) is 14.1 Å². The second kappa shape index (κ2) is 25.3. The molecule has 6 rings (SSSR count). The molecule has 0 aliphatic carbocycles. The summed E-state index contributed by atoms with van der Waals surface area (Å²) < 4.78 is 21.0. The number of hydrogen-bond donors (Lipinski definition) is 5. The van der Waals surface area contributed by atoms with E-state index in [1.54, 1.807) is 12.1 Å². The summed E-state index contributed by atoms with van der Waals surface area (Å²) in [5, 5.41) is 37.8. The average Bonchev–Trinajstić information content (AvgIpc) is 3.93. The van der Waals surface area contributed by atoms with Gasteiger partial charge in [0.1, 0.15) is 23.0 Å². The molecule has 73 heavy (non-hydrogen) atoms. The highest BCUT2D eigenvalue weighted by atomic mass is 35.5. The molecule has 6 aromatic rings. The largest absolute Gasteiger partial charge is 0.489 e. The van der Waals surface area contributed by atoms with Crippen LogP contribution < -0.4 is 15.4 Å². The molecule has 2 aromatic heterocycles. The van der Waals surface area contributed by atoms with Crippen molar-refractivity contribution in [1.29, 1.82) is 0 Å². The van der Waals surface area contributed by atoms with E-state index in [-0.39, 0.29) is 30.0 Å². The van der Waals surface area contributed by atoms with Crippen molar-refractivity contribution in [1.82, 2.24) is 29.7 Å². The Labute approximate surface area is 437 Å². The minimum Gasteiger partial charge on any atom is -0.489 e. The molecule has 0 spiro atoms. The molecular formula is C58H77ClN6O8. The number of benzene rings is 4. The van der Waals surface area contributed by atoms with Gasteiger partial charge in [-0.2, -0.15) is 0 Å². The molecule has 0 fully saturated rings. The van der Waals surface area contributed by atoms with Crippen molar-refractivity contribution in [3.05, 3.63) is 148 Å². The predicted octanol–water partition coefficient (Wildman–Crippen LogP) is 11.0. The third-order valence-electron chi connectivity index (χ3n) is 11.7. The zero-order valence-electron chi connectivity index (χ0n) is 44.9. The molecule has 14 nitrogen and oxygen atoms in total. The number of carbonyl (C=O) groups excluding carboxylic acids is 2. The first-order chi connectivity index (χ1) is 34.2. The Morgan fingerprint density at radius 2 is 1.18 bits per heavy atom. The molecule has 0 aliphatic rings. The molecule has 0 saturated heterocycles. The molecule has 2 amide bonds. The van der Waals surface area contributed by atoms with E-state index < -0.39 is 41.9 Å².